The van der Waals surface area contributed by atoms with Crippen LogP contribution in [0.3, 0.4) is 0 Å². The first-order valence-electron chi connectivity index (χ1n) is 7.71. The molecule has 0 amide bonds. The first kappa shape index (κ1) is 13.2. The Morgan fingerprint density at radius 2 is 2.00 bits per heavy atom. The van der Waals surface area contributed by atoms with Gasteiger partial charge >= 0.3 is 0 Å². The normalized spacial score (nSPS) is 16.9. The Bertz CT molecular complexity index is 1170. The van der Waals surface area contributed by atoms with Gasteiger partial charge in [-0.1, -0.05) is 35.6 Å². The van der Waals surface area contributed by atoms with E-state index in [0.29, 0.717) is 29.0 Å². The molecule has 5 rings (SSSR count). The van der Waals surface area contributed by atoms with Gasteiger partial charge in [0.2, 0.25) is 5.43 Å². The van der Waals surface area contributed by atoms with E-state index >= 15 is 0 Å². The summed E-state index contributed by atoms with van der Waals surface area (Å²) < 4.78 is 1.58. The molecule has 2 aliphatic carbocycles. The maximum absolute atomic E-state index is 13.0. The second-order valence-corrected chi connectivity index (χ2v) is 6.02. The number of aromatic nitrogens is 1. The van der Waals surface area contributed by atoms with E-state index in [1.807, 2.05) is 36.5 Å². The van der Waals surface area contributed by atoms with E-state index in [0.717, 1.165) is 22.3 Å². The van der Waals surface area contributed by atoms with Gasteiger partial charge in [-0.05, 0) is 29.5 Å². The van der Waals surface area contributed by atoms with Crippen molar-refractivity contribution in [2.45, 2.75) is 12.8 Å². The van der Waals surface area contributed by atoms with Gasteiger partial charge in [0.05, 0.1) is 6.20 Å². The predicted octanol–water partition coefficient (Wildman–Crippen LogP) is 0.583. The fraction of sp³-hybridized carbons (Fsp3) is 0.111. The third-order valence-electron chi connectivity index (χ3n) is 4.74. The molecule has 116 valence electrons. The standard InChI is InChI=1S/C18H12N4O2/c23-17-12-4-2-1-3-10(12)7-14-13(17)6-5-11-9-22-15(8-19-20-21-22)18(24)16(11)14/h1-4,6,8-9H,5,7H2,(H,19,21). The van der Waals surface area contributed by atoms with E-state index in [4.69, 9.17) is 0 Å². The van der Waals surface area contributed by atoms with Crippen LogP contribution in [0.2, 0.25) is 0 Å². The Balaban J connectivity index is 1.90. The quantitative estimate of drug-likeness (QED) is 0.772. The number of carbonyl (C=O) groups is 1. The fourth-order valence-corrected chi connectivity index (χ4v) is 3.63. The fourth-order valence-electron chi connectivity index (χ4n) is 3.63. The molecule has 1 N–H and O–H groups in total. The summed E-state index contributed by atoms with van der Waals surface area (Å²) in [6.45, 7) is 0. The molecular formula is C18H12N4O2. The minimum Gasteiger partial charge on any atom is -0.289 e. The minimum absolute atomic E-state index is 0.00376. The number of carbonyl (C=O) groups excluding carboxylic acids is 1. The van der Waals surface area contributed by atoms with E-state index in [9.17, 15) is 9.59 Å². The summed E-state index contributed by atoms with van der Waals surface area (Å²) in [5.74, 6) is 0.00376. The molecule has 1 aliphatic heterocycles. The van der Waals surface area contributed by atoms with Crippen LogP contribution >= 0.6 is 0 Å². The van der Waals surface area contributed by atoms with Gasteiger partial charge in [-0.3, -0.25) is 9.59 Å². The van der Waals surface area contributed by atoms with E-state index < -0.39 is 0 Å². The number of rotatable bonds is 0. The van der Waals surface area contributed by atoms with Crippen LogP contribution in [-0.2, 0) is 12.8 Å². The summed E-state index contributed by atoms with van der Waals surface area (Å²) in [5.41, 5.74) is 6.66. The summed E-state index contributed by atoms with van der Waals surface area (Å²) in [5, 5.41) is 8.52. The van der Waals surface area contributed by atoms with Gasteiger partial charge in [0.25, 0.3) is 0 Å². The van der Waals surface area contributed by atoms with E-state index in [-0.39, 0.29) is 11.2 Å². The largest absolute Gasteiger partial charge is 0.289 e. The molecule has 0 fully saturated rings. The third kappa shape index (κ3) is 1.65. The number of Topliss-reactive ketones (excluding diaryl/α,β-unsaturated/α-hetero) is 1. The highest BCUT2D eigenvalue weighted by Crippen LogP contribution is 2.31. The Labute approximate surface area is 136 Å². The Morgan fingerprint density at radius 1 is 1.12 bits per heavy atom. The van der Waals surface area contributed by atoms with Gasteiger partial charge in [0.15, 0.2) is 5.78 Å². The van der Waals surface area contributed by atoms with Crippen LogP contribution in [0, 0.1) is 0 Å². The highest BCUT2D eigenvalue weighted by Gasteiger charge is 2.29. The number of pyridine rings is 1. The van der Waals surface area contributed by atoms with Crippen molar-refractivity contribution in [3.8, 4) is 0 Å². The van der Waals surface area contributed by atoms with Crippen LogP contribution in [0.15, 0.2) is 57.2 Å². The summed E-state index contributed by atoms with van der Waals surface area (Å²) in [7, 11) is 0. The van der Waals surface area contributed by atoms with Crippen molar-refractivity contribution >= 4 is 17.6 Å². The molecule has 0 bridgehead atoms. The molecule has 0 spiro atoms. The van der Waals surface area contributed by atoms with Crippen LogP contribution in [0.4, 0.5) is 0 Å². The molecule has 2 heterocycles. The second-order valence-electron chi connectivity index (χ2n) is 6.02. The van der Waals surface area contributed by atoms with E-state index in [2.05, 4.69) is 15.9 Å². The van der Waals surface area contributed by atoms with Crippen LogP contribution in [-0.4, -0.2) is 10.5 Å². The average molecular weight is 316 g/mol. The second kappa shape index (κ2) is 4.61. The lowest BCUT2D eigenvalue weighted by Crippen LogP contribution is -2.51. The summed E-state index contributed by atoms with van der Waals surface area (Å²) >= 11 is 0. The maximum Gasteiger partial charge on any atom is 0.213 e. The Morgan fingerprint density at radius 3 is 2.92 bits per heavy atom. The molecule has 0 saturated heterocycles. The highest BCUT2D eigenvalue weighted by molar-refractivity contribution is 6.19. The lowest BCUT2D eigenvalue weighted by atomic mass is 9.79. The molecule has 0 unspecified atom stereocenters. The number of hydrogen-bond donors (Lipinski definition) is 1. The van der Waals surface area contributed by atoms with E-state index in [1.54, 1.807) is 4.68 Å². The van der Waals surface area contributed by atoms with Crippen LogP contribution < -0.4 is 21.5 Å². The number of ketones is 1. The number of nitrogens with one attached hydrogen (secondary N) is 1. The molecule has 1 aromatic carbocycles. The molecule has 1 aromatic heterocycles. The van der Waals surface area contributed by atoms with Gasteiger partial charge in [0.1, 0.15) is 5.35 Å². The van der Waals surface area contributed by atoms with Gasteiger partial charge in [0, 0.05) is 22.6 Å². The monoisotopic (exact) mass is 316 g/mol. The third-order valence-corrected chi connectivity index (χ3v) is 4.74. The van der Waals surface area contributed by atoms with Gasteiger partial charge in [-0.2, -0.15) is 5.53 Å². The molecule has 2 aromatic rings. The van der Waals surface area contributed by atoms with Gasteiger partial charge in [-0.15, -0.1) is 5.11 Å². The smallest absolute Gasteiger partial charge is 0.213 e. The molecule has 0 radical (unpaired) electrons. The van der Waals surface area contributed by atoms with Crippen molar-refractivity contribution in [1.82, 2.24) is 4.68 Å². The number of nitrogens with zero attached hydrogens (tertiary/aromatic N) is 3. The Kier molecular flexibility index (Phi) is 2.53. The summed E-state index contributed by atoms with van der Waals surface area (Å²) in [6, 6.07) is 7.59. The highest BCUT2D eigenvalue weighted by atomic mass is 16.1. The number of fused-ring (bicyclic) bond motifs is 4. The molecule has 3 aliphatic rings. The zero-order chi connectivity index (χ0) is 16.3. The number of allylic oxidation sites excluding steroid dienone is 2. The lowest BCUT2D eigenvalue weighted by Gasteiger charge is -2.24. The maximum atomic E-state index is 13.0. The molecule has 0 atom stereocenters. The lowest BCUT2D eigenvalue weighted by molar-refractivity contribution is 0.103. The van der Waals surface area contributed by atoms with Crippen molar-refractivity contribution in [2.75, 3.05) is 5.53 Å². The first-order valence-corrected chi connectivity index (χ1v) is 7.71. The average Bonchev–Trinajstić information content (AvgIpc) is 2.62. The van der Waals surface area contributed by atoms with Crippen molar-refractivity contribution in [3.05, 3.63) is 79.6 Å². The molecular weight excluding hydrogens is 304 g/mol. The molecule has 6 heteroatoms. The minimum atomic E-state index is -0.119. The van der Waals surface area contributed by atoms with Crippen molar-refractivity contribution < 1.29 is 4.79 Å². The predicted molar refractivity (Wildman–Crippen MR) is 88.3 cm³/mol. The number of benzene rings is 1. The molecule has 6 nitrogen and oxygen atoms in total. The molecule has 0 saturated carbocycles. The van der Waals surface area contributed by atoms with Crippen LogP contribution in [0.5, 0.6) is 0 Å². The summed E-state index contributed by atoms with van der Waals surface area (Å²) in [6.07, 6.45) is 6.36. The van der Waals surface area contributed by atoms with Crippen molar-refractivity contribution in [1.29, 1.82) is 0 Å². The Hall–Kier alpha value is -3.28. The summed E-state index contributed by atoms with van der Waals surface area (Å²) in [4.78, 5) is 25.8. The SMILES string of the molecule is O=C1C2=CCc3cn4c(c(=O)c3=C2Cc2ccccc21)=CN=NN4. The number of hydrogen-bond acceptors (Lipinski definition) is 5. The first-order chi connectivity index (χ1) is 11.7. The topological polar surface area (TPSA) is 75.8 Å². The van der Waals surface area contributed by atoms with Crippen molar-refractivity contribution in [3.63, 3.8) is 0 Å². The van der Waals surface area contributed by atoms with Crippen molar-refractivity contribution in [2.24, 2.45) is 10.3 Å². The molecule has 24 heavy (non-hydrogen) atoms. The van der Waals surface area contributed by atoms with Crippen LogP contribution in [0.1, 0.15) is 21.5 Å². The zero-order valence-corrected chi connectivity index (χ0v) is 12.6. The zero-order valence-electron chi connectivity index (χ0n) is 12.6. The van der Waals surface area contributed by atoms with Gasteiger partial charge in [-0.25, -0.2) is 4.68 Å². The van der Waals surface area contributed by atoms with Crippen LogP contribution in [0.25, 0.3) is 11.8 Å². The van der Waals surface area contributed by atoms with E-state index in [1.165, 1.54) is 6.20 Å². The van der Waals surface area contributed by atoms with Gasteiger partial charge < -0.3 is 0 Å².